The molecule has 2 N–H and O–H groups in total. The molecule has 0 saturated heterocycles. The summed E-state index contributed by atoms with van der Waals surface area (Å²) in [4.78, 5) is 12.1. The Bertz CT molecular complexity index is 668. The van der Waals surface area contributed by atoms with E-state index in [2.05, 4.69) is 0 Å². The number of aliphatic hydroxyl groups is 1. The number of ether oxygens (including phenoxy) is 1. The number of rotatable bonds is 5. The average Bonchev–Trinajstić information content (AvgIpc) is 2.55. The highest BCUT2D eigenvalue weighted by atomic mass is 35.5. The second kappa shape index (κ2) is 7.29. The Hall–Kier alpha value is -2.04. The van der Waals surface area contributed by atoms with Gasteiger partial charge in [0.1, 0.15) is 11.3 Å². The van der Waals surface area contributed by atoms with Crippen LogP contribution in [0.5, 0.6) is 5.75 Å². The van der Waals surface area contributed by atoms with Gasteiger partial charge in [-0.25, -0.2) is 4.79 Å². The zero-order valence-corrected chi connectivity index (χ0v) is 12.9. The Labute approximate surface area is 133 Å². The number of carbonyl (C=O) groups is 1. The number of carbonyl (C=O) groups excluding carboxylic acids is 1. The smallest absolute Gasteiger partial charge is 0.342 e. The average molecular weight is 321 g/mol. The molecule has 0 bridgehead atoms. The molecule has 0 amide bonds. The Morgan fingerprint density at radius 2 is 1.95 bits per heavy atom. The Morgan fingerprint density at radius 1 is 1.27 bits per heavy atom. The fourth-order valence-corrected chi connectivity index (χ4v) is 2.71. The molecule has 0 aliphatic carbocycles. The number of methoxy groups -OCH3 is 1. The van der Waals surface area contributed by atoms with E-state index in [4.69, 9.17) is 16.3 Å². The topological polar surface area (TPSA) is 66.8 Å². The molecule has 0 heterocycles. The van der Waals surface area contributed by atoms with E-state index in [0.29, 0.717) is 23.4 Å². The van der Waals surface area contributed by atoms with Crippen LogP contribution in [-0.4, -0.2) is 29.2 Å². The van der Waals surface area contributed by atoms with E-state index in [1.54, 1.807) is 0 Å². The van der Waals surface area contributed by atoms with Gasteiger partial charge < -0.3 is 14.9 Å². The molecular formula is C17H17ClO4. The first-order chi connectivity index (χ1) is 10.6. The first-order valence-electron chi connectivity index (χ1n) is 6.82. The van der Waals surface area contributed by atoms with Crippen molar-refractivity contribution < 1.29 is 19.7 Å². The van der Waals surface area contributed by atoms with Crippen LogP contribution in [0.2, 0.25) is 0 Å². The summed E-state index contributed by atoms with van der Waals surface area (Å²) in [5.41, 5.74) is 2.68. The Morgan fingerprint density at radius 3 is 2.50 bits per heavy atom. The summed E-state index contributed by atoms with van der Waals surface area (Å²) in [6, 6.07) is 10.6. The second-order valence-corrected chi connectivity index (χ2v) is 5.12. The third kappa shape index (κ3) is 3.08. The number of hydrogen-bond acceptors (Lipinski definition) is 4. The van der Waals surface area contributed by atoms with Crippen LogP contribution in [0.4, 0.5) is 0 Å². The molecule has 4 nitrogen and oxygen atoms in total. The van der Waals surface area contributed by atoms with Crippen molar-refractivity contribution in [3.05, 3.63) is 53.1 Å². The molecule has 0 atom stereocenters. The maximum atomic E-state index is 12.1. The van der Waals surface area contributed by atoms with Crippen LogP contribution in [0.3, 0.4) is 0 Å². The van der Waals surface area contributed by atoms with E-state index in [1.807, 2.05) is 30.3 Å². The minimum Gasteiger partial charge on any atom is -0.507 e. The molecule has 0 radical (unpaired) electrons. The number of phenols is 1. The maximum absolute atomic E-state index is 12.1. The number of esters is 1. The monoisotopic (exact) mass is 320 g/mol. The van der Waals surface area contributed by atoms with Crippen molar-refractivity contribution >= 4 is 17.6 Å². The summed E-state index contributed by atoms with van der Waals surface area (Å²) in [6.45, 7) is -0.249. The van der Waals surface area contributed by atoms with Crippen molar-refractivity contribution in [3.8, 4) is 16.9 Å². The number of hydrogen-bond donors (Lipinski definition) is 2. The maximum Gasteiger partial charge on any atom is 0.342 e. The van der Waals surface area contributed by atoms with Crippen LogP contribution in [-0.2, 0) is 17.8 Å². The minimum absolute atomic E-state index is 0.0889. The van der Waals surface area contributed by atoms with Crippen molar-refractivity contribution in [2.75, 3.05) is 13.0 Å². The summed E-state index contributed by atoms with van der Waals surface area (Å²) in [7, 11) is 1.26. The number of aliphatic hydroxyl groups excluding tert-OH is 1. The van der Waals surface area contributed by atoms with Crippen LogP contribution in [0.15, 0.2) is 36.4 Å². The van der Waals surface area contributed by atoms with Gasteiger partial charge in [-0.1, -0.05) is 30.3 Å². The molecule has 2 rings (SSSR count). The van der Waals surface area contributed by atoms with E-state index >= 15 is 0 Å². The van der Waals surface area contributed by atoms with E-state index in [-0.39, 0.29) is 17.9 Å². The molecule has 0 spiro atoms. The van der Waals surface area contributed by atoms with Crippen molar-refractivity contribution in [2.24, 2.45) is 0 Å². The SMILES string of the molecule is COC(=O)c1c(O)cc(CO)c(CCCl)c1-c1ccccc1. The van der Waals surface area contributed by atoms with Gasteiger partial charge in [-0.2, -0.15) is 0 Å². The molecular weight excluding hydrogens is 304 g/mol. The van der Waals surface area contributed by atoms with Crippen molar-refractivity contribution in [3.63, 3.8) is 0 Å². The van der Waals surface area contributed by atoms with Gasteiger partial charge in [0.2, 0.25) is 0 Å². The van der Waals surface area contributed by atoms with Gasteiger partial charge in [0, 0.05) is 11.4 Å². The molecule has 0 aliphatic heterocycles. The third-order valence-corrected chi connectivity index (χ3v) is 3.66. The molecule has 2 aromatic rings. The van der Waals surface area contributed by atoms with Crippen molar-refractivity contribution in [2.45, 2.75) is 13.0 Å². The summed E-state index contributed by atoms with van der Waals surface area (Å²) in [5.74, 6) is -0.511. The van der Waals surface area contributed by atoms with Crippen LogP contribution in [0.1, 0.15) is 21.5 Å². The van der Waals surface area contributed by atoms with Gasteiger partial charge in [-0.05, 0) is 29.2 Å². The van der Waals surface area contributed by atoms with Gasteiger partial charge in [0.25, 0.3) is 0 Å². The number of phenolic OH excluding ortho intramolecular Hbond substituents is 1. The number of benzene rings is 2. The second-order valence-electron chi connectivity index (χ2n) is 4.74. The highest BCUT2D eigenvalue weighted by Gasteiger charge is 2.24. The molecule has 2 aromatic carbocycles. The lowest BCUT2D eigenvalue weighted by Crippen LogP contribution is -2.09. The summed E-state index contributed by atoms with van der Waals surface area (Å²) >= 11 is 5.87. The molecule has 0 saturated carbocycles. The molecule has 116 valence electrons. The molecule has 0 aliphatic rings. The molecule has 5 heteroatoms. The molecule has 0 fully saturated rings. The van der Waals surface area contributed by atoms with E-state index in [1.165, 1.54) is 13.2 Å². The quantitative estimate of drug-likeness (QED) is 0.656. The van der Waals surface area contributed by atoms with Gasteiger partial charge in [-0.3, -0.25) is 0 Å². The van der Waals surface area contributed by atoms with Gasteiger partial charge >= 0.3 is 5.97 Å². The summed E-state index contributed by atoms with van der Waals surface area (Å²) in [6.07, 6.45) is 0.464. The number of alkyl halides is 1. The minimum atomic E-state index is -0.628. The number of aromatic hydroxyl groups is 1. The standard InChI is InChI=1S/C17H17ClO4/c1-22-17(21)16-14(20)9-12(10-19)13(7-8-18)15(16)11-5-3-2-4-6-11/h2-6,9,19-20H,7-8,10H2,1H3. The van der Waals surface area contributed by atoms with Crippen molar-refractivity contribution in [1.29, 1.82) is 0 Å². The Kier molecular flexibility index (Phi) is 5.41. The van der Waals surface area contributed by atoms with Crippen LogP contribution < -0.4 is 0 Å². The summed E-state index contributed by atoms with van der Waals surface area (Å²) in [5, 5.41) is 19.8. The fraction of sp³-hybridized carbons (Fsp3) is 0.235. The van der Waals surface area contributed by atoms with E-state index in [0.717, 1.165) is 11.1 Å². The van der Waals surface area contributed by atoms with Gasteiger partial charge in [0.05, 0.1) is 13.7 Å². The molecule has 0 unspecified atom stereocenters. The van der Waals surface area contributed by atoms with Crippen LogP contribution in [0, 0.1) is 0 Å². The van der Waals surface area contributed by atoms with E-state index in [9.17, 15) is 15.0 Å². The molecule has 0 aromatic heterocycles. The van der Waals surface area contributed by atoms with Crippen LogP contribution >= 0.6 is 11.6 Å². The fourth-order valence-electron chi connectivity index (χ4n) is 2.52. The Balaban J connectivity index is 2.84. The van der Waals surface area contributed by atoms with Gasteiger partial charge in [-0.15, -0.1) is 11.6 Å². The summed E-state index contributed by atoms with van der Waals surface area (Å²) < 4.78 is 4.79. The van der Waals surface area contributed by atoms with E-state index < -0.39 is 5.97 Å². The normalized spacial score (nSPS) is 10.5. The zero-order chi connectivity index (χ0) is 16.1. The lowest BCUT2D eigenvalue weighted by Gasteiger charge is -2.18. The predicted octanol–water partition coefficient (Wildman–Crippen LogP) is 3.12. The van der Waals surface area contributed by atoms with Crippen molar-refractivity contribution in [1.82, 2.24) is 0 Å². The van der Waals surface area contributed by atoms with Gasteiger partial charge in [0.15, 0.2) is 0 Å². The lowest BCUT2D eigenvalue weighted by atomic mass is 9.89. The zero-order valence-electron chi connectivity index (χ0n) is 12.2. The van der Waals surface area contributed by atoms with Crippen LogP contribution in [0.25, 0.3) is 11.1 Å². The predicted molar refractivity (Wildman–Crippen MR) is 85.2 cm³/mol. The molecule has 22 heavy (non-hydrogen) atoms. The largest absolute Gasteiger partial charge is 0.507 e. The first-order valence-corrected chi connectivity index (χ1v) is 7.35. The number of halogens is 1. The lowest BCUT2D eigenvalue weighted by molar-refractivity contribution is 0.0598. The first kappa shape index (κ1) is 16.3. The highest BCUT2D eigenvalue weighted by Crippen LogP contribution is 2.37. The highest BCUT2D eigenvalue weighted by molar-refractivity contribution is 6.18. The third-order valence-electron chi connectivity index (χ3n) is 3.47.